The summed E-state index contributed by atoms with van der Waals surface area (Å²) in [5, 5.41) is 14.4. The predicted molar refractivity (Wildman–Crippen MR) is 88.8 cm³/mol. The molecule has 0 bridgehead atoms. The van der Waals surface area contributed by atoms with Crippen LogP contribution in [0.1, 0.15) is 31.5 Å². The number of rotatable bonds is 5. The van der Waals surface area contributed by atoms with Gasteiger partial charge >= 0.3 is 0 Å². The average molecular weight is 321 g/mol. The molecule has 1 fully saturated rings. The smallest absolute Gasteiger partial charge is 0.230 e. The topological polar surface area (TPSA) is 87.4 Å². The monoisotopic (exact) mass is 321 g/mol. The molecule has 8 nitrogen and oxygen atoms in total. The van der Waals surface area contributed by atoms with Crippen molar-refractivity contribution in [2.24, 2.45) is 17.5 Å². The molecular weight excluding hydrogens is 294 g/mol. The maximum Gasteiger partial charge on any atom is 0.230 e. The van der Waals surface area contributed by atoms with Gasteiger partial charge in [0.15, 0.2) is 11.8 Å². The molecule has 0 aliphatic heterocycles. The van der Waals surface area contributed by atoms with Crippen molar-refractivity contribution in [1.82, 2.24) is 30.3 Å². The van der Waals surface area contributed by atoms with Crippen LogP contribution < -0.4 is 10.6 Å². The summed E-state index contributed by atoms with van der Waals surface area (Å²) in [5.74, 6) is 1.70. The lowest BCUT2D eigenvalue weighted by molar-refractivity contribution is -0.138. The van der Waals surface area contributed by atoms with Gasteiger partial charge in [0.1, 0.15) is 6.33 Å². The van der Waals surface area contributed by atoms with E-state index in [2.05, 4.69) is 25.8 Å². The van der Waals surface area contributed by atoms with Gasteiger partial charge in [0.2, 0.25) is 5.91 Å². The third-order valence-corrected chi connectivity index (χ3v) is 4.46. The van der Waals surface area contributed by atoms with Crippen molar-refractivity contribution < 1.29 is 4.79 Å². The summed E-state index contributed by atoms with van der Waals surface area (Å²) in [6.07, 6.45) is 5.73. The van der Waals surface area contributed by atoms with Gasteiger partial charge in [-0.05, 0) is 12.8 Å². The molecule has 23 heavy (non-hydrogen) atoms. The zero-order chi connectivity index (χ0) is 16.9. The minimum absolute atomic E-state index is 0.200. The van der Waals surface area contributed by atoms with Crippen LogP contribution in [-0.2, 0) is 18.4 Å². The minimum atomic E-state index is -0.314. The van der Waals surface area contributed by atoms with Gasteiger partial charge in [-0.15, -0.1) is 10.2 Å². The van der Waals surface area contributed by atoms with Crippen LogP contribution in [0.4, 0.5) is 0 Å². The van der Waals surface area contributed by atoms with Crippen molar-refractivity contribution in [3.8, 4) is 0 Å². The van der Waals surface area contributed by atoms with E-state index in [0.717, 1.165) is 31.5 Å². The molecule has 1 aromatic rings. The van der Waals surface area contributed by atoms with Crippen LogP contribution in [-0.4, -0.2) is 59.2 Å². The quantitative estimate of drug-likeness (QED) is 0.594. The summed E-state index contributed by atoms with van der Waals surface area (Å²) >= 11 is 0. The Labute approximate surface area is 137 Å². The Bertz CT molecular complexity index is 558. The summed E-state index contributed by atoms with van der Waals surface area (Å²) in [6.45, 7) is 1.13. The SMILES string of the molecule is CN=C(NCc1nncn1C)NCC1(C(=O)N(C)C)CCCC1. The molecular formula is C15H27N7O. The van der Waals surface area contributed by atoms with E-state index < -0.39 is 0 Å². The number of amides is 1. The van der Waals surface area contributed by atoms with E-state index in [1.54, 1.807) is 18.3 Å². The van der Waals surface area contributed by atoms with E-state index in [-0.39, 0.29) is 11.3 Å². The van der Waals surface area contributed by atoms with Crippen LogP contribution >= 0.6 is 0 Å². The van der Waals surface area contributed by atoms with Gasteiger partial charge in [-0.25, -0.2) is 0 Å². The standard InChI is InChI=1S/C15H27N7O/c1-16-14(17-9-12-20-19-11-22(12)4)18-10-15(7-5-6-8-15)13(23)21(2)3/h11H,5-10H2,1-4H3,(H2,16,17,18). The second kappa shape index (κ2) is 7.43. The first-order chi connectivity index (χ1) is 11.0. The van der Waals surface area contributed by atoms with Crippen molar-refractivity contribution in [2.45, 2.75) is 32.2 Å². The van der Waals surface area contributed by atoms with Gasteiger partial charge in [-0.3, -0.25) is 9.79 Å². The first kappa shape index (κ1) is 17.2. The number of guanidine groups is 1. The largest absolute Gasteiger partial charge is 0.355 e. The zero-order valence-corrected chi connectivity index (χ0v) is 14.5. The number of carbonyl (C=O) groups excluding carboxylic acids is 1. The maximum atomic E-state index is 12.6. The summed E-state index contributed by atoms with van der Waals surface area (Å²) in [6, 6.07) is 0. The summed E-state index contributed by atoms with van der Waals surface area (Å²) < 4.78 is 1.86. The Morgan fingerprint density at radius 3 is 2.61 bits per heavy atom. The highest BCUT2D eigenvalue weighted by atomic mass is 16.2. The molecule has 0 saturated heterocycles. The number of aliphatic imine (C=N–C) groups is 1. The molecule has 1 heterocycles. The molecule has 8 heteroatoms. The van der Waals surface area contributed by atoms with E-state index in [1.165, 1.54) is 0 Å². The van der Waals surface area contributed by atoms with Gasteiger partial charge < -0.3 is 20.1 Å². The lowest BCUT2D eigenvalue weighted by Gasteiger charge is -2.31. The van der Waals surface area contributed by atoms with Crippen LogP contribution in [0.15, 0.2) is 11.3 Å². The summed E-state index contributed by atoms with van der Waals surface area (Å²) in [4.78, 5) is 18.5. The first-order valence-corrected chi connectivity index (χ1v) is 7.98. The molecule has 128 valence electrons. The third kappa shape index (κ3) is 4.00. The zero-order valence-electron chi connectivity index (χ0n) is 14.5. The molecule has 0 atom stereocenters. The predicted octanol–water partition coefficient (Wildman–Crippen LogP) is 0.129. The van der Waals surface area contributed by atoms with Crippen LogP contribution in [0.3, 0.4) is 0 Å². The molecule has 1 aromatic heterocycles. The fourth-order valence-corrected chi connectivity index (χ4v) is 3.10. The molecule has 0 spiro atoms. The number of hydrogen-bond acceptors (Lipinski definition) is 4. The number of aryl methyl sites for hydroxylation is 1. The van der Waals surface area contributed by atoms with E-state index in [4.69, 9.17) is 0 Å². The van der Waals surface area contributed by atoms with Gasteiger partial charge in [0, 0.05) is 34.7 Å². The average Bonchev–Trinajstić information content (AvgIpc) is 3.17. The fraction of sp³-hybridized carbons (Fsp3) is 0.733. The molecule has 2 rings (SSSR count). The Balaban J connectivity index is 1.93. The van der Waals surface area contributed by atoms with E-state index in [1.807, 2.05) is 25.7 Å². The lowest BCUT2D eigenvalue weighted by Crippen LogP contribution is -2.49. The minimum Gasteiger partial charge on any atom is -0.355 e. The highest BCUT2D eigenvalue weighted by molar-refractivity contribution is 5.85. The second-order valence-corrected chi connectivity index (χ2v) is 6.32. The third-order valence-electron chi connectivity index (χ3n) is 4.46. The summed E-state index contributed by atoms with van der Waals surface area (Å²) in [7, 11) is 7.27. The number of carbonyl (C=O) groups is 1. The fourth-order valence-electron chi connectivity index (χ4n) is 3.10. The molecule has 1 saturated carbocycles. The Morgan fingerprint density at radius 2 is 2.09 bits per heavy atom. The lowest BCUT2D eigenvalue weighted by atomic mass is 9.84. The van der Waals surface area contributed by atoms with Crippen molar-refractivity contribution >= 4 is 11.9 Å². The Hall–Kier alpha value is -2.12. The number of hydrogen-bond donors (Lipinski definition) is 2. The van der Waals surface area contributed by atoms with Crippen molar-refractivity contribution in [2.75, 3.05) is 27.7 Å². The van der Waals surface area contributed by atoms with Crippen LogP contribution in [0.5, 0.6) is 0 Å². The van der Waals surface area contributed by atoms with Crippen molar-refractivity contribution in [3.63, 3.8) is 0 Å². The number of aromatic nitrogens is 3. The van der Waals surface area contributed by atoms with E-state index >= 15 is 0 Å². The highest BCUT2D eigenvalue weighted by Crippen LogP contribution is 2.38. The molecule has 0 radical (unpaired) electrons. The van der Waals surface area contributed by atoms with Gasteiger partial charge in [0.05, 0.1) is 12.0 Å². The molecule has 1 aliphatic rings. The van der Waals surface area contributed by atoms with Gasteiger partial charge in [0.25, 0.3) is 0 Å². The van der Waals surface area contributed by atoms with Gasteiger partial charge in [-0.2, -0.15) is 0 Å². The van der Waals surface area contributed by atoms with Crippen molar-refractivity contribution in [1.29, 1.82) is 0 Å². The maximum absolute atomic E-state index is 12.6. The van der Waals surface area contributed by atoms with Crippen LogP contribution in [0.25, 0.3) is 0 Å². The highest BCUT2D eigenvalue weighted by Gasteiger charge is 2.42. The van der Waals surface area contributed by atoms with Crippen LogP contribution in [0, 0.1) is 5.41 Å². The second-order valence-electron chi connectivity index (χ2n) is 6.32. The molecule has 2 N–H and O–H groups in total. The van der Waals surface area contributed by atoms with E-state index in [0.29, 0.717) is 19.0 Å². The normalized spacial score (nSPS) is 17.1. The molecule has 1 aliphatic carbocycles. The molecule has 1 amide bonds. The van der Waals surface area contributed by atoms with Crippen molar-refractivity contribution in [3.05, 3.63) is 12.2 Å². The number of nitrogens with one attached hydrogen (secondary N) is 2. The van der Waals surface area contributed by atoms with E-state index in [9.17, 15) is 4.79 Å². The van der Waals surface area contributed by atoms with Gasteiger partial charge in [-0.1, -0.05) is 12.8 Å². The number of nitrogens with zero attached hydrogens (tertiary/aromatic N) is 5. The first-order valence-electron chi connectivity index (χ1n) is 7.98. The van der Waals surface area contributed by atoms with Crippen LogP contribution in [0.2, 0.25) is 0 Å². The Morgan fingerprint density at radius 1 is 1.39 bits per heavy atom. The molecule has 0 unspecified atom stereocenters. The summed E-state index contributed by atoms with van der Waals surface area (Å²) in [5.41, 5.74) is -0.314. The molecule has 0 aromatic carbocycles. The Kier molecular flexibility index (Phi) is 5.57.